The van der Waals surface area contributed by atoms with Crippen molar-refractivity contribution >= 4 is 0 Å². The molecule has 0 heterocycles. The van der Waals surface area contributed by atoms with Crippen molar-refractivity contribution in [3.8, 4) is 0 Å². The molecule has 0 spiro atoms. The molecule has 1 N–H and O–H groups in total. The molecule has 0 aliphatic rings. The third kappa shape index (κ3) is 4.30. The van der Waals surface area contributed by atoms with Crippen LogP contribution in [0.5, 0.6) is 0 Å². The summed E-state index contributed by atoms with van der Waals surface area (Å²) in [7, 11) is 0. The topological polar surface area (TPSA) is 29.5 Å². The number of aliphatic hydroxyl groups is 1. The average molecular weight is 516 g/mol. The second kappa shape index (κ2) is 7.30. The van der Waals surface area contributed by atoms with Crippen LogP contribution in [0.25, 0.3) is 0 Å². The van der Waals surface area contributed by atoms with Crippen LogP contribution in [0, 0.1) is 0 Å². The summed E-state index contributed by atoms with van der Waals surface area (Å²) in [5, 5.41) is 7.97. The molecule has 0 fully saturated rings. The highest BCUT2D eigenvalue weighted by Gasteiger charge is 2.94. The lowest BCUT2D eigenvalue weighted by atomic mass is 9.88. The lowest BCUT2D eigenvalue weighted by Gasteiger charge is -2.44. The maximum Gasteiger partial charge on any atom is 0.459 e. The fourth-order valence-electron chi connectivity index (χ4n) is 1.61. The van der Waals surface area contributed by atoms with Crippen molar-refractivity contribution in [1.82, 2.24) is 0 Å². The van der Waals surface area contributed by atoms with Gasteiger partial charge in [0.05, 0.1) is 0 Å². The fraction of sp³-hybridized carbons (Fsp3) is 1.00. The Morgan fingerprint density at radius 2 is 0.806 bits per heavy atom. The normalized spacial score (nSPS) is 19.7. The van der Waals surface area contributed by atoms with E-state index in [1.54, 1.807) is 4.74 Å². The lowest BCUT2D eigenvalue weighted by Crippen LogP contribution is -2.76. The lowest BCUT2D eigenvalue weighted by molar-refractivity contribution is -0.488. The Morgan fingerprint density at radius 3 is 1.03 bits per heavy atom. The van der Waals surface area contributed by atoms with Gasteiger partial charge < -0.3 is 9.84 Å². The van der Waals surface area contributed by atoms with Gasteiger partial charge in [-0.15, -0.1) is 0 Å². The number of halogens is 19. The minimum atomic E-state index is -8.53. The minimum Gasteiger partial charge on any atom is -0.350 e. The van der Waals surface area contributed by atoms with Crippen molar-refractivity contribution in [3.05, 3.63) is 0 Å². The van der Waals surface area contributed by atoms with E-state index >= 15 is 0 Å². The van der Waals surface area contributed by atoms with E-state index in [0.29, 0.717) is 0 Å². The highest BCUT2D eigenvalue weighted by Crippen LogP contribution is 2.62. The first kappa shape index (κ1) is 29.6. The number of alkyl halides is 19. The first-order valence-electron chi connectivity index (χ1n) is 6.41. The van der Waals surface area contributed by atoms with Crippen molar-refractivity contribution in [2.45, 2.75) is 53.9 Å². The fourth-order valence-corrected chi connectivity index (χ4v) is 1.61. The summed E-state index contributed by atoms with van der Waals surface area (Å²) in [6.07, 6.45) is -31.6. The zero-order valence-corrected chi connectivity index (χ0v) is 13.2. The predicted octanol–water partition coefficient (Wildman–Crippen LogP) is 5.56. The van der Waals surface area contributed by atoms with Crippen molar-refractivity contribution in [2.24, 2.45) is 0 Å². The highest BCUT2D eigenvalue weighted by atomic mass is 19.4. The Balaban J connectivity index is 6.95. The molecule has 0 radical (unpaired) electrons. The minimum absolute atomic E-state index is 1.78. The Kier molecular flexibility index (Phi) is 6.97. The van der Waals surface area contributed by atoms with Gasteiger partial charge in [-0.2, -0.15) is 74.6 Å². The maximum atomic E-state index is 14.0. The van der Waals surface area contributed by atoms with Crippen LogP contribution in [0.3, 0.4) is 0 Å². The first-order chi connectivity index (χ1) is 13.0. The number of hydrogen-bond donors (Lipinski definition) is 1. The molecule has 0 aliphatic carbocycles. The van der Waals surface area contributed by atoms with Gasteiger partial charge in [0.2, 0.25) is 0 Å². The Bertz CT molecular complexity index is 622. The molecular formula is C10H3F19O2. The van der Waals surface area contributed by atoms with Gasteiger partial charge in [0.1, 0.15) is 6.61 Å². The van der Waals surface area contributed by atoms with Crippen molar-refractivity contribution in [3.63, 3.8) is 0 Å². The second-order valence-electron chi connectivity index (χ2n) is 5.43. The first-order valence-corrected chi connectivity index (χ1v) is 6.41. The van der Waals surface area contributed by atoms with Gasteiger partial charge >= 0.3 is 53.9 Å². The molecule has 0 aromatic carbocycles. The summed E-state index contributed by atoms with van der Waals surface area (Å²) in [6.45, 7) is -4.53. The van der Waals surface area contributed by atoms with Gasteiger partial charge in [0.25, 0.3) is 0 Å². The highest BCUT2D eigenvalue weighted by molar-refractivity contribution is 5.14. The average Bonchev–Trinajstić information content (AvgIpc) is 2.46. The molecule has 0 bridgehead atoms. The zero-order valence-electron chi connectivity index (χ0n) is 13.2. The summed E-state index contributed by atoms with van der Waals surface area (Å²) in [4.78, 5) is 0. The van der Waals surface area contributed by atoms with Gasteiger partial charge in [0, 0.05) is 0 Å². The molecule has 0 aliphatic heterocycles. The molecule has 0 saturated carbocycles. The molecule has 0 amide bonds. The molecule has 31 heavy (non-hydrogen) atoms. The maximum absolute atomic E-state index is 14.0. The zero-order chi connectivity index (χ0) is 25.9. The van der Waals surface area contributed by atoms with Crippen LogP contribution in [0.2, 0.25) is 0 Å². The van der Waals surface area contributed by atoms with E-state index in [1.807, 2.05) is 0 Å². The van der Waals surface area contributed by atoms with Crippen LogP contribution in [0.4, 0.5) is 83.4 Å². The monoisotopic (exact) mass is 516 g/mol. The third-order valence-corrected chi connectivity index (χ3v) is 3.30. The van der Waals surface area contributed by atoms with Crippen molar-refractivity contribution in [2.75, 3.05) is 6.61 Å². The number of hydrogen-bond acceptors (Lipinski definition) is 2. The van der Waals surface area contributed by atoms with E-state index in [9.17, 15) is 83.4 Å². The Hall–Kier alpha value is -1.41. The summed E-state index contributed by atoms with van der Waals surface area (Å²) < 4.78 is 242. The standard InChI is InChI=1S/C10H3F19O2/c11-2(12,5(16,30)10(27,28)29)1-31-6(17,4(14,15)9(24,25)26)3(13,7(18,19)20)8(21,22)23/h30H,1H2. The van der Waals surface area contributed by atoms with E-state index in [1.165, 1.54) is 0 Å². The molecule has 2 nitrogen and oxygen atoms in total. The second-order valence-corrected chi connectivity index (χ2v) is 5.43. The van der Waals surface area contributed by atoms with Gasteiger partial charge in [0.15, 0.2) is 0 Å². The summed E-state index contributed by atoms with van der Waals surface area (Å²) in [5.41, 5.74) is -8.53. The SMILES string of the molecule is OC(F)(C(F)(F)F)C(F)(F)COC(F)(C(F)(F)C(F)(F)F)C(F)(C(F)(F)F)C(F)(F)F. The largest absolute Gasteiger partial charge is 0.459 e. The summed E-state index contributed by atoms with van der Waals surface area (Å²) >= 11 is 0. The van der Waals surface area contributed by atoms with Gasteiger partial charge in [-0.1, -0.05) is 0 Å². The quantitative estimate of drug-likeness (QED) is 0.470. The van der Waals surface area contributed by atoms with Crippen LogP contribution in [0.15, 0.2) is 0 Å². The van der Waals surface area contributed by atoms with Gasteiger partial charge in [-0.25, -0.2) is 8.78 Å². The Labute approximate surface area is 155 Å². The van der Waals surface area contributed by atoms with Crippen molar-refractivity contribution in [1.29, 1.82) is 0 Å². The van der Waals surface area contributed by atoms with Gasteiger partial charge in [-0.3, -0.25) is 0 Å². The predicted molar refractivity (Wildman–Crippen MR) is 53.8 cm³/mol. The third-order valence-electron chi connectivity index (χ3n) is 3.30. The van der Waals surface area contributed by atoms with Crippen LogP contribution < -0.4 is 0 Å². The van der Waals surface area contributed by atoms with Crippen LogP contribution in [-0.2, 0) is 4.74 Å². The van der Waals surface area contributed by atoms with Crippen LogP contribution in [-0.4, -0.2) is 65.6 Å². The molecule has 188 valence electrons. The van der Waals surface area contributed by atoms with Gasteiger partial charge in [-0.05, 0) is 0 Å². The summed E-state index contributed by atoms with van der Waals surface area (Å²) in [6, 6.07) is 0. The number of rotatable bonds is 6. The smallest absolute Gasteiger partial charge is 0.350 e. The van der Waals surface area contributed by atoms with Crippen molar-refractivity contribution < 1.29 is 93.3 Å². The summed E-state index contributed by atoms with van der Waals surface area (Å²) in [5.74, 6) is -30.9. The van der Waals surface area contributed by atoms with E-state index < -0.39 is 60.5 Å². The van der Waals surface area contributed by atoms with Crippen LogP contribution in [0.1, 0.15) is 0 Å². The molecule has 0 aromatic heterocycles. The molecule has 0 rings (SSSR count). The van der Waals surface area contributed by atoms with Crippen LogP contribution >= 0.6 is 0 Å². The van der Waals surface area contributed by atoms with E-state index in [0.717, 1.165) is 0 Å². The van der Waals surface area contributed by atoms with E-state index in [4.69, 9.17) is 5.11 Å². The molecule has 0 saturated heterocycles. The molecule has 0 aromatic rings. The molecule has 21 heteroatoms. The molecular weight excluding hydrogens is 513 g/mol. The number of ether oxygens (including phenoxy) is 1. The molecule has 2 atom stereocenters. The Morgan fingerprint density at radius 1 is 0.484 bits per heavy atom. The van der Waals surface area contributed by atoms with E-state index in [2.05, 4.69) is 0 Å². The van der Waals surface area contributed by atoms with E-state index in [-0.39, 0.29) is 0 Å². The molecule has 2 unspecified atom stereocenters.